The van der Waals surface area contributed by atoms with Gasteiger partial charge in [-0.25, -0.2) is 4.98 Å². The number of hydrogen-bond acceptors (Lipinski definition) is 3. The average molecular weight is 152 g/mol. The summed E-state index contributed by atoms with van der Waals surface area (Å²) >= 11 is 0. The van der Waals surface area contributed by atoms with E-state index < -0.39 is 0 Å². The van der Waals surface area contributed by atoms with Crippen LogP contribution >= 0.6 is 0 Å². The Morgan fingerprint density at radius 2 is 2.27 bits per heavy atom. The second-order valence-electron chi connectivity index (χ2n) is 2.10. The number of nitrogens with zero attached hydrogens (tertiary/aromatic N) is 2. The minimum Gasteiger partial charge on any atom is -0.478 e. The van der Waals surface area contributed by atoms with E-state index in [2.05, 4.69) is 9.97 Å². The third kappa shape index (κ3) is 2.18. The Kier molecular flexibility index (Phi) is 2.83. The molecule has 0 aliphatic carbocycles. The van der Waals surface area contributed by atoms with Gasteiger partial charge in [0.15, 0.2) is 0 Å². The zero-order valence-electron chi connectivity index (χ0n) is 6.87. The number of aryl methyl sites for hydroxylation is 1. The predicted molar refractivity (Wildman–Crippen MR) is 42.6 cm³/mol. The van der Waals surface area contributed by atoms with Crippen LogP contribution in [-0.2, 0) is 6.42 Å². The van der Waals surface area contributed by atoms with Gasteiger partial charge in [0.2, 0.25) is 5.88 Å². The molecule has 1 aromatic heterocycles. The van der Waals surface area contributed by atoms with Crippen LogP contribution in [0.3, 0.4) is 0 Å². The molecule has 0 aliphatic heterocycles. The van der Waals surface area contributed by atoms with Crippen LogP contribution in [0.15, 0.2) is 12.3 Å². The van der Waals surface area contributed by atoms with Crippen LogP contribution in [-0.4, -0.2) is 16.6 Å². The molecule has 0 bridgehead atoms. The van der Waals surface area contributed by atoms with Gasteiger partial charge in [-0.15, -0.1) is 0 Å². The molecule has 0 aromatic carbocycles. The zero-order valence-corrected chi connectivity index (χ0v) is 6.87. The largest absolute Gasteiger partial charge is 0.478 e. The van der Waals surface area contributed by atoms with E-state index in [1.165, 1.54) is 0 Å². The van der Waals surface area contributed by atoms with Gasteiger partial charge in [0, 0.05) is 18.7 Å². The van der Waals surface area contributed by atoms with Gasteiger partial charge in [-0.1, -0.05) is 6.92 Å². The summed E-state index contributed by atoms with van der Waals surface area (Å²) in [6.45, 7) is 4.61. The van der Waals surface area contributed by atoms with E-state index in [1.54, 1.807) is 12.3 Å². The van der Waals surface area contributed by atoms with Crippen LogP contribution in [0.25, 0.3) is 0 Å². The third-order valence-corrected chi connectivity index (χ3v) is 1.29. The highest BCUT2D eigenvalue weighted by molar-refractivity contribution is 5.08. The fraction of sp³-hybridized carbons (Fsp3) is 0.500. The molecule has 1 heterocycles. The maximum absolute atomic E-state index is 5.20. The van der Waals surface area contributed by atoms with E-state index in [0.717, 1.165) is 12.2 Å². The van der Waals surface area contributed by atoms with Gasteiger partial charge < -0.3 is 4.74 Å². The molecule has 3 heteroatoms. The van der Waals surface area contributed by atoms with Crippen molar-refractivity contribution in [1.29, 1.82) is 0 Å². The van der Waals surface area contributed by atoms with Gasteiger partial charge in [-0.05, 0) is 6.92 Å². The van der Waals surface area contributed by atoms with E-state index in [9.17, 15) is 0 Å². The molecule has 0 atom stereocenters. The standard InChI is InChI=1S/C8H12N2O/c1-3-7-9-6-5-8(10-7)11-4-2/h5-6H,3-4H2,1-2H3. The van der Waals surface area contributed by atoms with Gasteiger partial charge in [-0.2, -0.15) is 4.98 Å². The molecule has 1 aromatic rings. The fourth-order valence-corrected chi connectivity index (χ4v) is 0.779. The highest BCUT2D eigenvalue weighted by Crippen LogP contribution is 2.04. The lowest BCUT2D eigenvalue weighted by Crippen LogP contribution is -1.98. The maximum atomic E-state index is 5.20. The van der Waals surface area contributed by atoms with E-state index in [0.29, 0.717) is 12.5 Å². The summed E-state index contributed by atoms with van der Waals surface area (Å²) in [5, 5.41) is 0. The molecule has 11 heavy (non-hydrogen) atoms. The molecule has 60 valence electrons. The summed E-state index contributed by atoms with van der Waals surface area (Å²) < 4.78 is 5.20. The third-order valence-electron chi connectivity index (χ3n) is 1.29. The Bertz CT molecular complexity index is 225. The fourth-order valence-electron chi connectivity index (χ4n) is 0.779. The molecule has 0 N–H and O–H groups in total. The van der Waals surface area contributed by atoms with E-state index in [1.807, 2.05) is 13.8 Å². The molecule has 0 saturated heterocycles. The summed E-state index contributed by atoms with van der Waals surface area (Å²) in [4.78, 5) is 8.20. The van der Waals surface area contributed by atoms with Crippen LogP contribution in [0.4, 0.5) is 0 Å². The summed E-state index contributed by atoms with van der Waals surface area (Å²) in [6, 6.07) is 1.77. The second kappa shape index (κ2) is 3.91. The highest BCUT2D eigenvalue weighted by Gasteiger charge is 1.95. The topological polar surface area (TPSA) is 35.0 Å². The normalized spacial score (nSPS) is 9.64. The lowest BCUT2D eigenvalue weighted by atomic mass is 10.4. The molecule has 0 spiro atoms. The van der Waals surface area contributed by atoms with Crippen molar-refractivity contribution in [2.45, 2.75) is 20.3 Å². The van der Waals surface area contributed by atoms with Crippen LogP contribution in [0.5, 0.6) is 5.88 Å². The molecule has 1 rings (SSSR count). The Morgan fingerprint density at radius 1 is 1.45 bits per heavy atom. The lowest BCUT2D eigenvalue weighted by molar-refractivity contribution is 0.325. The van der Waals surface area contributed by atoms with Crippen molar-refractivity contribution in [2.75, 3.05) is 6.61 Å². The van der Waals surface area contributed by atoms with Crippen LogP contribution in [0.1, 0.15) is 19.7 Å². The summed E-state index contributed by atoms with van der Waals surface area (Å²) in [5.41, 5.74) is 0. The van der Waals surface area contributed by atoms with Crippen LogP contribution < -0.4 is 4.74 Å². The monoisotopic (exact) mass is 152 g/mol. The first-order valence-corrected chi connectivity index (χ1v) is 3.81. The Morgan fingerprint density at radius 3 is 2.91 bits per heavy atom. The van der Waals surface area contributed by atoms with Crippen molar-refractivity contribution in [3.8, 4) is 5.88 Å². The van der Waals surface area contributed by atoms with Crippen LogP contribution in [0, 0.1) is 0 Å². The first-order valence-electron chi connectivity index (χ1n) is 3.81. The minimum absolute atomic E-state index is 0.653. The zero-order chi connectivity index (χ0) is 8.10. The molecule has 0 saturated carbocycles. The van der Waals surface area contributed by atoms with E-state index in [-0.39, 0.29) is 0 Å². The van der Waals surface area contributed by atoms with Crippen molar-refractivity contribution < 1.29 is 4.74 Å². The molecule has 0 fully saturated rings. The van der Waals surface area contributed by atoms with Crippen molar-refractivity contribution in [3.05, 3.63) is 18.1 Å². The minimum atomic E-state index is 0.653. The van der Waals surface area contributed by atoms with Gasteiger partial charge in [0.05, 0.1) is 6.61 Å². The lowest BCUT2D eigenvalue weighted by Gasteiger charge is -2.01. The molecule has 3 nitrogen and oxygen atoms in total. The summed E-state index contributed by atoms with van der Waals surface area (Å²) in [5.74, 6) is 1.50. The SMILES string of the molecule is CCOc1ccnc(CC)n1. The van der Waals surface area contributed by atoms with Gasteiger partial charge >= 0.3 is 0 Å². The second-order valence-corrected chi connectivity index (χ2v) is 2.10. The highest BCUT2D eigenvalue weighted by atomic mass is 16.5. The summed E-state index contributed by atoms with van der Waals surface area (Å²) in [7, 11) is 0. The Balaban J connectivity index is 2.74. The molecule has 0 radical (unpaired) electrons. The Labute approximate surface area is 66.4 Å². The number of hydrogen-bond donors (Lipinski definition) is 0. The van der Waals surface area contributed by atoms with Gasteiger partial charge in [-0.3, -0.25) is 0 Å². The first-order chi connectivity index (χ1) is 5.36. The van der Waals surface area contributed by atoms with E-state index in [4.69, 9.17) is 4.74 Å². The average Bonchev–Trinajstić information content (AvgIpc) is 2.06. The van der Waals surface area contributed by atoms with Gasteiger partial charge in [0.1, 0.15) is 5.82 Å². The van der Waals surface area contributed by atoms with Crippen molar-refractivity contribution in [1.82, 2.24) is 9.97 Å². The number of aromatic nitrogens is 2. The number of ether oxygens (including phenoxy) is 1. The van der Waals surface area contributed by atoms with Gasteiger partial charge in [0.25, 0.3) is 0 Å². The predicted octanol–water partition coefficient (Wildman–Crippen LogP) is 1.44. The molecule has 0 unspecified atom stereocenters. The van der Waals surface area contributed by atoms with Crippen molar-refractivity contribution in [2.24, 2.45) is 0 Å². The molecule has 0 amide bonds. The quantitative estimate of drug-likeness (QED) is 0.657. The summed E-state index contributed by atoms with van der Waals surface area (Å²) in [6.07, 6.45) is 2.57. The number of rotatable bonds is 3. The molecule has 0 aliphatic rings. The first kappa shape index (κ1) is 7.98. The van der Waals surface area contributed by atoms with E-state index >= 15 is 0 Å². The van der Waals surface area contributed by atoms with Crippen molar-refractivity contribution >= 4 is 0 Å². The van der Waals surface area contributed by atoms with Crippen molar-refractivity contribution in [3.63, 3.8) is 0 Å². The smallest absolute Gasteiger partial charge is 0.216 e. The van der Waals surface area contributed by atoms with Crippen LogP contribution in [0.2, 0.25) is 0 Å². The Hall–Kier alpha value is -1.12. The molecular formula is C8H12N2O. The molecular weight excluding hydrogens is 140 g/mol. The maximum Gasteiger partial charge on any atom is 0.216 e.